The molecule has 5 nitrogen and oxygen atoms in total. The number of hydrogen-bond donors (Lipinski definition) is 1. The summed E-state index contributed by atoms with van der Waals surface area (Å²) in [6.45, 7) is 0.773. The van der Waals surface area contributed by atoms with Gasteiger partial charge in [0, 0.05) is 12.6 Å². The van der Waals surface area contributed by atoms with Crippen molar-refractivity contribution in [2.45, 2.75) is 56.1 Å². The molecule has 0 saturated heterocycles. The fraction of sp³-hybridized carbons (Fsp3) is 0.550. The second-order valence-corrected chi connectivity index (χ2v) is 8.43. The maximum Gasteiger partial charge on any atom is 0.230 e. The number of rotatable bonds is 7. The van der Waals surface area contributed by atoms with Crippen LogP contribution in [0.5, 0.6) is 0 Å². The van der Waals surface area contributed by atoms with Gasteiger partial charge in [-0.1, -0.05) is 43.2 Å². The Labute approximate surface area is 163 Å². The molecule has 0 unspecified atom stereocenters. The molecule has 1 aromatic heterocycles. The molecule has 144 valence electrons. The number of carbonyl (C=O) groups excluding carboxylic acids is 1. The van der Waals surface area contributed by atoms with Gasteiger partial charge in [-0.3, -0.25) is 9.36 Å². The third-order valence-electron chi connectivity index (χ3n) is 5.34. The molecule has 2 saturated carbocycles. The quantitative estimate of drug-likeness (QED) is 0.722. The Morgan fingerprint density at radius 3 is 2.67 bits per heavy atom. The van der Waals surface area contributed by atoms with E-state index in [-0.39, 0.29) is 11.7 Å². The molecule has 2 aliphatic rings. The van der Waals surface area contributed by atoms with Crippen molar-refractivity contribution in [3.05, 3.63) is 30.1 Å². The first-order valence-electron chi connectivity index (χ1n) is 9.81. The van der Waals surface area contributed by atoms with E-state index in [1.807, 2.05) is 4.57 Å². The Balaban J connectivity index is 1.39. The molecule has 2 fully saturated rings. The van der Waals surface area contributed by atoms with Crippen molar-refractivity contribution in [2.24, 2.45) is 5.92 Å². The van der Waals surface area contributed by atoms with E-state index in [0.29, 0.717) is 34.3 Å². The molecule has 2 aliphatic carbocycles. The third-order valence-corrected chi connectivity index (χ3v) is 6.28. The van der Waals surface area contributed by atoms with E-state index in [4.69, 9.17) is 0 Å². The molecule has 0 atom stereocenters. The summed E-state index contributed by atoms with van der Waals surface area (Å²) in [6.07, 6.45) is 8.39. The molecular weight excluding hydrogens is 363 g/mol. The Morgan fingerprint density at radius 1 is 1.15 bits per heavy atom. The lowest BCUT2D eigenvalue weighted by atomic mass is 9.89. The van der Waals surface area contributed by atoms with Gasteiger partial charge in [-0.25, -0.2) is 4.39 Å². The van der Waals surface area contributed by atoms with Gasteiger partial charge < -0.3 is 5.32 Å². The highest BCUT2D eigenvalue weighted by atomic mass is 32.2. The fourth-order valence-corrected chi connectivity index (χ4v) is 4.53. The number of nitrogens with one attached hydrogen (secondary N) is 1. The highest BCUT2D eigenvalue weighted by Crippen LogP contribution is 2.41. The molecule has 7 heteroatoms. The van der Waals surface area contributed by atoms with Gasteiger partial charge in [-0.2, -0.15) is 0 Å². The van der Waals surface area contributed by atoms with Crippen molar-refractivity contribution in [2.75, 3.05) is 12.3 Å². The largest absolute Gasteiger partial charge is 0.355 e. The third kappa shape index (κ3) is 4.51. The highest BCUT2D eigenvalue weighted by Gasteiger charge is 2.31. The summed E-state index contributed by atoms with van der Waals surface area (Å²) in [5, 5.41) is 12.2. The fourth-order valence-electron chi connectivity index (χ4n) is 3.69. The molecule has 1 amide bonds. The molecular formula is C20H25FN4OS. The number of thioether (sulfide) groups is 1. The molecule has 0 aliphatic heterocycles. The van der Waals surface area contributed by atoms with Crippen molar-refractivity contribution < 1.29 is 9.18 Å². The monoisotopic (exact) mass is 388 g/mol. The van der Waals surface area contributed by atoms with E-state index in [1.54, 1.807) is 18.2 Å². The summed E-state index contributed by atoms with van der Waals surface area (Å²) < 4.78 is 16.2. The van der Waals surface area contributed by atoms with Gasteiger partial charge in [0.15, 0.2) is 11.0 Å². The minimum absolute atomic E-state index is 0.0309. The van der Waals surface area contributed by atoms with Crippen LogP contribution in [0, 0.1) is 11.7 Å². The summed E-state index contributed by atoms with van der Waals surface area (Å²) in [6, 6.07) is 6.94. The molecule has 4 rings (SSSR count). The second-order valence-electron chi connectivity index (χ2n) is 7.48. The van der Waals surface area contributed by atoms with Crippen molar-refractivity contribution >= 4 is 17.7 Å². The van der Waals surface area contributed by atoms with Gasteiger partial charge >= 0.3 is 0 Å². The average molecular weight is 389 g/mol. The van der Waals surface area contributed by atoms with Crippen LogP contribution in [0.4, 0.5) is 4.39 Å². The van der Waals surface area contributed by atoms with Crippen LogP contribution in [-0.2, 0) is 4.79 Å². The predicted molar refractivity (Wildman–Crippen MR) is 104 cm³/mol. The molecule has 0 radical (unpaired) electrons. The average Bonchev–Trinajstić information content (AvgIpc) is 3.45. The molecule has 0 bridgehead atoms. The van der Waals surface area contributed by atoms with Gasteiger partial charge in [0.05, 0.1) is 11.3 Å². The van der Waals surface area contributed by atoms with E-state index in [0.717, 1.165) is 19.4 Å². The number of nitrogens with zero attached hydrogens (tertiary/aromatic N) is 3. The first-order chi connectivity index (χ1) is 13.2. The zero-order valence-electron chi connectivity index (χ0n) is 15.4. The van der Waals surface area contributed by atoms with Crippen LogP contribution >= 0.6 is 11.8 Å². The Morgan fingerprint density at radius 2 is 1.93 bits per heavy atom. The minimum atomic E-state index is -0.298. The van der Waals surface area contributed by atoms with Crippen LogP contribution < -0.4 is 5.32 Å². The van der Waals surface area contributed by atoms with E-state index in [2.05, 4.69) is 15.5 Å². The first kappa shape index (κ1) is 18.5. The van der Waals surface area contributed by atoms with E-state index >= 15 is 0 Å². The van der Waals surface area contributed by atoms with Gasteiger partial charge in [-0.15, -0.1) is 10.2 Å². The van der Waals surface area contributed by atoms with Crippen molar-refractivity contribution in [3.8, 4) is 11.4 Å². The zero-order valence-corrected chi connectivity index (χ0v) is 16.2. The maximum absolute atomic E-state index is 14.2. The van der Waals surface area contributed by atoms with Gasteiger partial charge in [0.25, 0.3) is 0 Å². The van der Waals surface area contributed by atoms with Crippen molar-refractivity contribution in [3.63, 3.8) is 0 Å². The molecule has 2 aromatic rings. The number of benzene rings is 1. The zero-order chi connectivity index (χ0) is 18.6. The van der Waals surface area contributed by atoms with Crippen LogP contribution in [0.2, 0.25) is 0 Å². The summed E-state index contributed by atoms with van der Waals surface area (Å²) >= 11 is 1.39. The molecule has 1 N–H and O–H groups in total. The lowest BCUT2D eigenvalue weighted by Gasteiger charge is -2.21. The molecule has 27 heavy (non-hydrogen) atoms. The summed E-state index contributed by atoms with van der Waals surface area (Å²) in [4.78, 5) is 12.2. The number of halogens is 1. The second kappa shape index (κ2) is 8.42. The number of hydrogen-bond acceptors (Lipinski definition) is 4. The lowest BCUT2D eigenvalue weighted by molar-refractivity contribution is -0.118. The highest BCUT2D eigenvalue weighted by molar-refractivity contribution is 7.99. The molecule has 1 aromatic carbocycles. The van der Waals surface area contributed by atoms with Crippen LogP contribution in [0.1, 0.15) is 51.0 Å². The van der Waals surface area contributed by atoms with Crippen LogP contribution in [-0.4, -0.2) is 33.0 Å². The van der Waals surface area contributed by atoms with Crippen molar-refractivity contribution in [1.29, 1.82) is 0 Å². The Bertz CT molecular complexity index is 799. The number of aromatic nitrogens is 3. The molecule has 1 heterocycles. The normalized spacial score (nSPS) is 17.8. The summed E-state index contributed by atoms with van der Waals surface area (Å²) in [7, 11) is 0. The van der Waals surface area contributed by atoms with E-state index in [9.17, 15) is 9.18 Å². The lowest BCUT2D eigenvalue weighted by Crippen LogP contribution is -2.31. The van der Waals surface area contributed by atoms with E-state index < -0.39 is 0 Å². The first-order valence-corrected chi connectivity index (χ1v) is 10.8. The predicted octanol–water partition coefficient (Wildman–Crippen LogP) is 4.21. The topological polar surface area (TPSA) is 59.8 Å². The van der Waals surface area contributed by atoms with Gasteiger partial charge in [-0.05, 0) is 43.7 Å². The summed E-state index contributed by atoms with van der Waals surface area (Å²) in [5.74, 6) is 1.22. The molecule has 0 spiro atoms. The van der Waals surface area contributed by atoms with Gasteiger partial charge in [0.2, 0.25) is 5.91 Å². The minimum Gasteiger partial charge on any atom is -0.355 e. The van der Waals surface area contributed by atoms with Crippen LogP contribution in [0.15, 0.2) is 29.4 Å². The van der Waals surface area contributed by atoms with Crippen LogP contribution in [0.3, 0.4) is 0 Å². The van der Waals surface area contributed by atoms with Gasteiger partial charge in [0.1, 0.15) is 5.82 Å². The standard InChI is InChI=1S/C20H25FN4OS/c21-17-9-5-4-8-16(17)19-23-24-20(25(19)15-10-11-15)27-13-18(26)22-12-14-6-2-1-3-7-14/h4-5,8-9,14-15H,1-3,6-7,10-13H2,(H,22,26). The maximum atomic E-state index is 14.2. The SMILES string of the molecule is O=C(CSc1nnc(-c2ccccc2F)n1C1CC1)NCC1CCCCC1. The number of amides is 1. The van der Waals surface area contributed by atoms with E-state index in [1.165, 1.54) is 49.9 Å². The van der Waals surface area contributed by atoms with Crippen molar-refractivity contribution in [1.82, 2.24) is 20.1 Å². The smallest absolute Gasteiger partial charge is 0.230 e. The Hall–Kier alpha value is -1.89. The Kier molecular flexibility index (Phi) is 5.76. The van der Waals surface area contributed by atoms with Crippen LogP contribution in [0.25, 0.3) is 11.4 Å². The summed E-state index contributed by atoms with van der Waals surface area (Å²) in [5.41, 5.74) is 0.463. The number of carbonyl (C=O) groups is 1.